The summed E-state index contributed by atoms with van der Waals surface area (Å²) in [7, 11) is 2.16. The van der Waals surface area contributed by atoms with Gasteiger partial charge in [0.05, 0.1) is 31.0 Å². The Balaban J connectivity index is 2.33. The van der Waals surface area contributed by atoms with Crippen molar-refractivity contribution in [3.63, 3.8) is 0 Å². The molecule has 7 heteroatoms. The minimum absolute atomic E-state index is 0.189. The van der Waals surface area contributed by atoms with Gasteiger partial charge < -0.3 is 18.8 Å². The molecule has 1 fully saturated rings. The van der Waals surface area contributed by atoms with Crippen molar-refractivity contribution >= 4 is 18.7 Å². The van der Waals surface area contributed by atoms with E-state index in [0.717, 1.165) is 0 Å². The molecule has 0 spiro atoms. The summed E-state index contributed by atoms with van der Waals surface area (Å²) >= 11 is 0. The van der Waals surface area contributed by atoms with Crippen LogP contribution < -0.4 is 10.3 Å². The predicted molar refractivity (Wildman–Crippen MR) is 77.8 cm³/mol. The summed E-state index contributed by atoms with van der Waals surface area (Å²) in [5.41, 5.74) is -0.0836. The second-order valence-electron chi connectivity index (χ2n) is 5.87. The molecule has 0 aliphatic carbocycles. The van der Waals surface area contributed by atoms with Crippen LogP contribution in [0.5, 0.6) is 5.88 Å². The summed E-state index contributed by atoms with van der Waals surface area (Å²) in [6.45, 7) is 7.86. The molecule has 0 radical (unpaired) electrons. The lowest BCUT2D eigenvalue weighted by Gasteiger charge is -2.32. The Labute approximate surface area is 124 Å². The van der Waals surface area contributed by atoms with Crippen LogP contribution in [-0.4, -0.2) is 43.5 Å². The van der Waals surface area contributed by atoms with Crippen molar-refractivity contribution in [1.29, 1.82) is 0 Å². The molecule has 2 heterocycles. The summed E-state index contributed by atoms with van der Waals surface area (Å²) in [5, 5.41) is 0. The summed E-state index contributed by atoms with van der Waals surface area (Å²) in [6.07, 6.45) is 0. The molecule has 0 bridgehead atoms. The molecule has 0 amide bonds. The fraction of sp³-hybridized carbons (Fsp3) is 0.571. The molecule has 21 heavy (non-hydrogen) atoms. The average molecular weight is 293 g/mol. The van der Waals surface area contributed by atoms with Gasteiger partial charge in [0.2, 0.25) is 5.88 Å². The Kier molecular flexibility index (Phi) is 3.99. The van der Waals surface area contributed by atoms with Gasteiger partial charge in [0.25, 0.3) is 0 Å². The number of carbonyl (C=O) groups excluding carboxylic acids is 1. The molecule has 1 aliphatic rings. The summed E-state index contributed by atoms with van der Waals surface area (Å²) in [5.74, 6) is -0.311. The number of esters is 1. The molecule has 1 saturated heterocycles. The van der Waals surface area contributed by atoms with Gasteiger partial charge in [-0.3, -0.25) is 0 Å². The van der Waals surface area contributed by atoms with E-state index in [0.29, 0.717) is 5.59 Å². The Hall–Kier alpha value is -1.60. The van der Waals surface area contributed by atoms with Crippen LogP contribution in [-0.2, 0) is 14.0 Å². The number of ether oxygens (including phenoxy) is 2. The first-order valence-electron chi connectivity index (χ1n) is 6.71. The van der Waals surface area contributed by atoms with Crippen molar-refractivity contribution in [3.8, 4) is 5.88 Å². The molecular weight excluding hydrogens is 273 g/mol. The summed E-state index contributed by atoms with van der Waals surface area (Å²) < 4.78 is 21.7. The number of hydrogen-bond acceptors (Lipinski definition) is 6. The standard InChI is InChI=1S/C14H20BNO5/c1-13(2)14(3,4)21-15(20-13)10-8-7-9(12(17)19-6)11(16-10)18-5/h7-8H,1-6H3. The topological polar surface area (TPSA) is 66.9 Å². The fourth-order valence-corrected chi connectivity index (χ4v) is 1.97. The second-order valence-corrected chi connectivity index (χ2v) is 5.87. The number of methoxy groups -OCH3 is 2. The first-order valence-corrected chi connectivity index (χ1v) is 6.71. The number of carbonyl (C=O) groups is 1. The molecule has 0 unspecified atom stereocenters. The Morgan fingerprint density at radius 1 is 1.14 bits per heavy atom. The highest BCUT2D eigenvalue weighted by Gasteiger charge is 2.52. The van der Waals surface area contributed by atoms with E-state index in [1.807, 2.05) is 27.7 Å². The van der Waals surface area contributed by atoms with Crippen LogP contribution in [0.4, 0.5) is 0 Å². The fourth-order valence-electron chi connectivity index (χ4n) is 1.97. The molecule has 1 aromatic heterocycles. The second kappa shape index (κ2) is 5.31. The van der Waals surface area contributed by atoms with Gasteiger partial charge in [-0.2, -0.15) is 0 Å². The van der Waals surface area contributed by atoms with E-state index >= 15 is 0 Å². The maximum absolute atomic E-state index is 11.6. The van der Waals surface area contributed by atoms with E-state index in [9.17, 15) is 4.79 Å². The van der Waals surface area contributed by atoms with Crippen molar-refractivity contribution in [2.24, 2.45) is 0 Å². The lowest BCUT2D eigenvalue weighted by molar-refractivity contribution is 0.00578. The highest BCUT2D eigenvalue weighted by Crippen LogP contribution is 2.36. The molecule has 1 aromatic rings. The van der Waals surface area contributed by atoms with Gasteiger partial charge in [0.15, 0.2) is 0 Å². The zero-order chi connectivity index (χ0) is 15.8. The SMILES string of the molecule is COC(=O)c1ccc(B2OC(C)(C)C(C)(C)O2)nc1OC. The Morgan fingerprint density at radius 2 is 1.71 bits per heavy atom. The van der Waals surface area contributed by atoms with Crippen LogP contribution in [0.2, 0.25) is 0 Å². The van der Waals surface area contributed by atoms with Gasteiger partial charge in [-0.25, -0.2) is 9.78 Å². The third-order valence-corrected chi connectivity index (χ3v) is 3.98. The lowest BCUT2D eigenvalue weighted by atomic mass is 9.84. The molecule has 1 aliphatic heterocycles. The van der Waals surface area contributed by atoms with Crippen molar-refractivity contribution in [3.05, 3.63) is 17.7 Å². The first-order chi connectivity index (χ1) is 9.71. The van der Waals surface area contributed by atoms with Gasteiger partial charge in [0, 0.05) is 0 Å². The highest BCUT2D eigenvalue weighted by atomic mass is 16.7. The van der Waals surface area contributed by atoms with E-state index in [2.05, 4.69) is 9.72 Å². The van der Waals surface area contributed by atoms with Crippen LogP contribution in [0, 0.1) is 0 Å². The molecule has 0 atom stereocenters. The normalized spacial score (nSPS) is 19.4. The smallest absolute Gasteiger partial charge is 0.480 e. The molecule has 0 N–H and O–H groups in total. The van der Waals surface area contributed by atoms with Gasteiger partial charge in [-0.1, -0.05) is 0 Å². The molecular formula is C14H20BNO5. The van der Waals surface area contributed by atoms with Crippen molar-refractivity contribution in [2.45, 2.75) is 38.9 Å². The number of rotatable bonds is 3. The summed E-state index contributed by atoms with van der Waals surface area (Å²) in [4.78, 5) is 15.9. The maximum atomic E-state index is 11.6. The highest BCUT2D eigenvalue weighted by molar-refractivity contribution is 6.61. The first kappa shape index (κ1) is 15.8. The van der Waals surface area contributed by atoms with Crippen LogP contribution in [0.25, 0.3) is 0 Å². The zero-order valence-electron chi connectivity index (χ0n) is 13.2. The van der Waals surface area contributed by atoms with Crippen LogP contribution in [0.1, 0.15) is 38.1 Å². The Morgan fingerprint density at radius 3 is 2.19 bits per heavy atom. The molecule has 0 aromatic carbocycles. The molecule has 2 rings (SSSR count). The third kappa shape index (κ3) is 2.75. The Bertz CT molecular complexity index is 542. The van der Waals surface area contributed by atoms with Crippen LogP contribution >= 0.6 is 0 Å². The number of hydrogen-bond donors (Lipinski definition) is 0. The predicted octanol–water partition coefficient (Wildman–Crippen LogP) is 1.18. The minimum atomic E-state index is -0.601. The van der Waals surface area contributed by atoms with E-state index < -0.39 is 24.3 Å². The van der Waals surface area contributed by atoms with E-state index in [1.165, 1.54) is 14.2 Å². The number of pyridine rings is 1. The maximum Gasteiger partial charge on any atom is 0.514 e. The quantitative estimate of drug-likeness (QED) is 0.616. The minimum Gasteiger partial charge on any atom is -0.480 e. The van der Waals surface area contributed by atoms with Crippen molar-refractivity contribution < 1.29 is 23.6 Å². The molecule has 6 nitrogen and oxygen atoms in total. The van der Waals surface area contributed by atoms with Gasteiger partial charge in [-0.05, 0) is 39.8 Å². The van der Waals surface area contributed by atoms with Gasteiger partial charge in [-0.15, -0.1) is 0 Å². The largest absolute Gasteiger partial charge is 0.514 e. The van der Waals surface area contributed by atoms with Crippen molar-refractivity contribution in [2.75, 3.05) is 14.2 Å². The van der Waals surface area contributed by atoms with E-state index in [1.54, 1.807) is 12.1 Å². The lowest BCUT2D eigenvalue weighted by Crippen LogP contribution is -2.41. The number of aromatic nitrogens is 1. The average Bonchev–Trinajstić information content (AvgIpc) is 2.66. The van der Waals surface area contributed by atoms with Crippen molar-refractivity contribution in [1.82, 2.24) is 4.98 Å². The molecule has 0 saturated carbocycles. The van der Waals surface area contributed by atoms with E-state index in [4.69, 9.17) is 14.0 Å². The number of nitrogens with zero attached hydrogens (tertiary/aromatic N) is 1. The summed E-state index contributed by atoms with van der Waals surface area (Å²) in [6, 6.07) is 3.27. The van der Waals surface area contributed by atoms with Gasteiger partial charge in [0.1, 0.15) is 5.56 Å². The van der Waals surface area contributed by atoms with Gasteiger partial charge >= 0.3 is 13.1 Å². The molecule has 114 valence electrons. The zero-order valence-corrected chi connectivity index (χ0v) is 13.2. The van der Waals surface area contributed by atoms with Crippen LogP contribution in [0.15, 0.2) is 12.1 Å². The monoisotopic (exact) mass is 293 g/mol. The van der Waals surface area contributed by atoms with Crippen LogP contribution in [0.3, 0.4) is 0 Å². The third-order valence-electron chi connectivity index (χ3n) is 3.98. The van der Waals surface area contributed by atoms with E-state index in [-0.39, 0.29) is 11.4 Å².